The number of fused-ring (bicyclic) bond motifs is 5. The second-order valence-electron chi connectivity index (χ2n) is 19.0. The molecular formula is C50H72N2O5. The lowest BCUT2D eigenvalue weighted by Crippen LogP contribution is -2.51. The van der Waals surface area contributed by atoms with Gasteiger partial charge < -0.3 is 14.2 Å². The average molecular weight is 781 g/mol. The lowest BCUT2D eigenvalue weighted by Gasteiger charge is -2.58. The third-order valence-corrected chi connectivity index (χ3v) is 14.8. The van der Waals surface area contributed by atoms with Crippen molar-refractivity contribution in [2.45, 2.75) is 157 Å². The molecule has 0 saturated heterocycles. The second-order valence-corrected chi connectivity index (χ2v) is 19.0. The Labute approximate surface area is 344 Å². The molecule has 57 heavy (non-hydrogen) atoms. The predicted octanol–water partition coefficient (Wildman–Crippen LogP) is 14.0. The monoisotopic (exact) mass is 781 g/mol. The lowest BCUT2D eigenvalue weighted by atomic mass is 9.47. The Balaban J connectivity index is 0.871. The van der Waals surface area contributed by atoms with Crippen molar-refractivity contribution in [3.05, 3.63) is 65.7 Å². The van der Waals surface area contributed by atoms with Gasteiger partial charge in [-0.2, -0.15) is 10.2 Å². The Kier molecular flexibility index (Phi) is 15.1. The maximum absolute atomic E-state index is 12.9. The summed E-state index contributed by atoms with van der Waals surface area (Å²) < 4.78 is 17.3. The number of rotatable bonds is 19. The van der Waals surface area contributed by atoms with Crippen molar-refractivity contribution in [1.82, 2.24) is 0 Å². The molecule has 0 N–H and O–H groups in total. The van der Waals surface area contributed by atoms with Gasteiger partial charge >= 0.3 is 11.9 Å². The number of esters is 2. The van der Waals surface area contributed by atoms with E-state index in [0.717, 1.165) is 91.9 Å². The number of ether oxygens (including phenoxy) is 3. The van der Waals surface area contributed by atoms with Crippen LogP contribution in [0.25, 0.3) is 0 Å². The Bertz CT molecular complexity index is 1670. The molecule has 0 spiro atoms. The van der Waals surface area contributed by atoms with Crippen LogP contribution in [0.3, 0.4) is 0 Å². The van der Waals surface area contributed by atoms with E-state index in [4.69, 9.17) is 14.2 Å². The molecule has 3 fully saturated rings. The SMILES string of the molecule is CCCCOc1ccc(N=Nc2ccc(C(=O)OCCCCCC(=O)O[C@H]3CC[C@@]4(C)C(=CC[C@H]5[C@@H]6CC[C@H]([C@H](C)CCCC(C)C)[C@@]6(C)CC[C@@H]54)C3)cc2)cc1. The van der Waals surface area contributed by atoms with Crippen molar-refractivity contribution in [1.29, 1.82) is 0 Å². The first-order valence-electron chi connectivity index (χ1n) is 22.8. The van der Waals surface area contributed by atoms with Gasteiger partial charge in [0.25, 0.3) is 0 Å². The summed E-state index contributed by atoms with van der Waals surface area (Å²) in [6, 6.07) is 14.5. The first-order chi connectivity index (χ1) is 27.5. The van der Waals surface area contributed by atoms with Crippen LogP contribution in [0.2, 0.25) is 0 Å². The van der Waals surface area contributed by atoms with E-state index in [1.807, 2.05) is 24.3 Å². The van der Waals surface area contributed by atoms with E-state index in [1.165, 1.54) is 51.4 Å². The molecule has 7 nitrogen and oxygen atoms in total. The van der Waals surface area contributed by atoms with Crippen LogP contribution in [0.15, 0.2) is 70.4 Å². The Morgan fingerprint density at radius 1 is 0.789 bits per heavy atom. The van der Waals surface area contributed by atoms with Gasteiger partial charge in [-0.1, -0.05) is 78.9 Å². The third kappa shape index (κ3) is 10.8. The van der Waals surface area contributed by atoms with E-state index in [2.05, 4.69) is 57.8 Å². The Hall–Kier alpha value is -3.48. The molecule has 0 amide bonds. The summed E-state index contributed by atoms with van der Waals surface area (Å²) in [6.45, 7) is 15.7. The molecule has 8 atom stereocenters. The van der Waals surface area contributed by atoms with Crippen molar-refractivity contribution >= 4 is 23.3 Å². The first-order valence-corrected chi connectivity index (χ1v) is 22.8. The molecule has 0 unspecified atom stereocenters. The van der Waals surface area contributed by atoms with Crippen molar-refractivity contribution in [2.24, 2.45) is 56.6 Å². The second kappa shape index (κ2) is 20.0. The van der Waals surface area contributed by atoms with E-state index >= 15 is 0 Å². The standard InChI is InChI=1S/C50H72N2O5/c1-7-8-32-55-41-23-21-40(22-24-41)52-51-39-19-16-37(17-20-39)48(54)56-33-11-9-10-15-47(53)57-42-28-30-49(5)38(34-42)18-25-43-45-27-26-44(36(4)14-12-13-35(2)3)50(45,6)31-29-46(43)49/h16-24,35-36,42-46H,7-15,25-34H2,1-6H3/t36-,42+,43+,44-,45+,46+,49+,50-/m1/s1. The minimum atomic E-state index is -0.360. The zero-order chi connectivity index (χ0) is 40.4. The molecular weight excluding hydrogens is 709 g/mol. The van der Waals surface area contributed by atoms with Gasteiger partial charge in [-0.05, 0) is 165 Å². The highest BCUT2D eigenvalue weighted by atomic mass is 16.5. The van der Waals surface area contributed by atoms with Crippen molar-refractivity contribution in [2.75, 3.05) is 13.2 Å². The number of carbonyl (C=O) groups excluding carboxylic acids is 2. The Morgan fingerprint density at radius 3 is 2.25 bits per heavy atom. The molecule has 0 aromatic heterocycles. The zero-order valence-electron chi connectivity index (χ0n) is 36.1. The normalized spacial score (nSPS) is 28.6. The van der Waals surface area contributed by atoms with Gasteiger partial charge in [0.05, 0.1) is 30.2 Å². The number of hydrogen-bond donors (Lipinski definition) is 0. The number of carbonyl (C=O) groups is 2. The number of benzene rings is 2. The van der Waals surface area contributed by atoms with Crippen molar-refractivity contribution in [3.63, 3.8) is 0 Å². The van der Waals surface area contributed by atoms with Gasteiger partial charge in [-0.3, -0.25) is 4.79 Å². The fourth-order valence-corrected chi connectivity index (χ4v) is 11.5. The van der Waals surface area contributed by atoms with Gasteiger partial charge in [0.1, 0.15) is 11.9 Å². The quantitative estimate of drug-likeness (QED) is 0.0613. The summed E-state index contributed by atoms with van der Waals surface area (Å²) in [7, 11) is 0. The highest BCUT2D eigenvalue weighted by molar-refractivity contribution is 5.89. The molecule has 4 aliphatic carbocycles. The van der Waals surface area contributed by atoms with Gasteiger partial charge in [0.15, 0.2) is 0 Å². The lowest BCUT2D eigenvalue weighted by molar-refractivity contribution is -0.151. The van der Waals surface area contributed by atoms with Crippen molar-refractivity contribution < 1.29 is 23.8 Å². The van der Waals surface area contributed by atoms with Gasteiger partial charge in [-0.15, -0.1) is 0 Å². The van der Waals surface area contributed by atoms with E-state index in [9.17, 15) is 9.59 Å². The highest BCUT2D eigenvalue weighted by Crippen LogP contribution is 2.67. The molecule has 312 valence electrons. The number of allylic oxidation sites excluding steroid dienone is 1. The third-order valence-electron chi connectivity index (χ3n) is 14.8. The van der Waals surface area contributed by atoms with E-state index in [1.54, 1.807) is 29.8 Å². The molecule has 0 heterocycles. The van der Waals surface area contributed by atoms with Crippen LogP contribution >= 0.6 is 0 Å². The summed E-state index contributed by atoms with van der Waals surface area (Å²) in [5, 5.41) is 8.57. The molecule has 0 aliphatic heterocycles. The van der Waals surface area contributed by atoms with Crippen LogP contribution in [-0.2, 0) is 14.3 Å². The smallest absolute Gasteiger partial charge is 0.338 e. The topological polar surface area (TPSA) is 86.5 Å². The molecule has 6 rings (SSSR count). The van der Waals surface area contributed by atoms with Crippen LogP contribution in [-0.4, -0.2) is 31.3 Å². The van der Waals surface area contributed by atoms with E-state index < -0.39 is 0 Å². The van der Waals surface area contributed by atoms with Crippen LogP contribution < -0.4 is 4.74 Å². The average Bonchev–Trinajstić information content (AvgIpc) is 3.56. The zero-order valence-corrected chi connectivity index (χ0v) is 36.1. The number of unbranched alkanes of at least 4 members (excludes halogenated alkanes) is 3. The van der Waals surface area contributed by atoms with Gasteiger partial charge in [0, 0.05) is 12.8 Å². The molecule has 2 aromatic rings. The van der Waals surface area contributed by atoms with E-state index in [0.29, 0.717) is 42.7 Å². The number of azo groups is 1. The fourth-order valence-electron chi connectivity index (χ4n) is 11.5. The summed E-state index contributed by atoms with van der Waals surface area (Å²) in [5.41, 5.74) is 4.20. The summed E-state index contributed by atoms with van der Waals surface area (Å²) in [4.78, 5) is 25.5. The number of hydrogen-bond acceptors (Lipinski definition) is 7. The minimum absolute atomic E-state index is 0.000326. The molecule has 2 aromatic carbocycles. The summed E-state index contributed by atoms with van der Waals surface area (Å²) in [6.07, 6.45) is 21.4. The molecule has 7 heteroatoms. The number of nitrogens with zero attached hydrogens (tertiary/aromatic N) is 2. The molecule has 4 aliphatic rings. The Morgan fingerprint density at radius 2 is 1.53 bits per heavy atom. The van der Waals surface area contributed by atoms with Crippen molar-refractivity contribution in [3.8, 4) is 5.75 Å². The molecule has 0 bridgehead atoms. The first kappa shape index (κ1) is 43.1. The molecule has 3 saturated carbocycles. The summed E-state index contributed by atoms with van der Waals surface area (Å²) >= 11 is 0. The largest absolute Gasteiger partial charge is 0.494 e. The van der Waals surface area contributed by atoms with Crippen LogP contribution in [0, 0.1) is 46.3 Å². The maximum atomic E-state index is 12.9. The van der Waals surface area contributed by atoms with Crippen LogP contribution in [0.1, 0.15) is 161 Å². The predicted molar refractivity (Wildman–Crippen MR) is 229 cm³/mol. The summed E-state index contributed by atoms with van der Waals surface area (Å²) in [5.74, 6) is 5.37. The minimum Gasteiger partial charge on any atom is -0.494 e. The van der Waals surface area contributed by atoms with Crippen LogP contribution in [0.4, 0.5) is 11.4 Å². The van der Waals surface area contributed by atoms with Crippen LogP contribution in [0.5, 0.6) is 5.75 Å². The highest BCUT2D eigenvalue weighted by Gasteiger charge is 2.59. The molecule has 0 radical (unpaired) electrons. The maximum Gasteiger partial charge on any atom is 0.338 e. The van der Waals surface area contributed by atoms with Gasteiger partial charge in [-0.25, -0.2) is 4.79 Å². The van der Waals surface area contributed by atoms with Gasteiger partial charge in [0.2, 0.25) is 0 Å². The van der Waals surface area contributed by atoms with E-state index in [-0.39, 0.29) is 23.5 Å². The fraction of sp³-hybridized carbons (Fsp3) is 0.680.